The highest BCUT2D eigenvalue weighted by molar-refractivity contribution is 5.87. The van der Waals surface area contributed by atoms with Crippen molar-refractivity contribution in [1.29, 1.82) is 0 Å². The molecule has 4 aromatic rings. The summed E-state index contributed by atoms with van der Waals surface area (Å²) in [5.74, 6) is 0. The summed E-state index contributed by atoms with van der Waals surface area (Å²) in [7, 11) is 0. The van der Waals surface area contributed by atoms with Crippen LogP contribution in [0.1, 0.15) is 48.5 Å². The number of hydrogen-bond donors (Lipinski definition) is 1. The molecule has 5 rings (SSSR count). The van der Waals surface area contributed by atoms with Gasteiger partial charge in [0, 0.05) is 12.1 Å². The van der Waals surface area contributed by atoms with Gasteiger partial charge in [0.15, 0.2) is 0 Å². The molecule has 0 bridgehead atoms. The highest BCUT2D eigenvalue weighted by Gasteiger charge is 2.23. The summed E-state index contributed by atoms with van der Waals surface area (Å²) in [4.78, 5) is 0. The van der Waals surface area contributed by atoms with Crippen molar-refractivity contribution in [2.45, 2.75) is 38.3 Å². The van der Waals surface area contributed by atoms with E-state index in [0.717, 1.165) is 0 Å². The molecule has 0 saturated carbocycles. The van der Waals surface area contributed by atoms with Crippen molar-refractivity contribution in [2.75, 3.05) is 0 Å². The van der Waals surface area contributed by atoms with E-state index in [0.29, 0.717) is 12.1 Å². The number of rotatable bonds is 3. The Morgan fingerprint density at radius 2 is 1.48 bits per heavy atom. The van der Waals surface area contributed by atoms with E-state index in [9.17, 15) is 0 Å². The summed E-state index contributed by atoms with van der Waals surface area (Å²) in [6, 6.07) is 29.5. The topological polar surface area (TPSA) is 12.0 Å². The summed E-state index contributed by atoms with van der Waals surface area (Å²) in [5, 5.41) is 9.41. The van der Waals surface area contributed by atoms with Gasteiger partial charge < -0.3 is 5.32 Å². The minimum atomic E-state index is 0.318. The lowest BCUT2D eigenvalue weighted by Crippen LogP contribution is -2.28. The molecule has 0 fully saturated rings. The Kier molecular flexibility index (Phi) is 4.18. The lowest BCUT2D eigenvalue weighted by Gasteiger charge is -2.31. The number of benzene rings is 4. The van der Waals surface area contributed by atoms with Gasteiger partial charge in [-0.25, -0.2) is 0 Å². The van der Waals surface area contributed by atoms with Crippen LogP contribution in [-0.2, 0) is 6.42 Å². The van der Waals surface area contributed by atoms with Gasteiger partial charge in [0.1, 0.15) is 0 Å². The summed E-state index contributed by atoms with van der Waals surface area (Å²) in [5.41, 5.74) is 4.43. The molecule has 27 heavy (non-hydrogen) atoms. The smallest absolute Gasteiger partial charge is 0.0328 e. The number of hydrogen-bond acceptors (Lipinski definition) is 1. The van der Waals surface area contributed by atoms with Crippen LogP contribution in [0.25, 0.3) is 21.5 Å². The first-order chi connectivity index (χ1) is 13.3. The Morgan fingerprint density at radius 3 is 2.33 bits per heavy atom. The number of aryl methyl sites for hydroxylation is 1. The monoisotopic (exact) mass is 351 g/mol. The Labute approximate surface area is 161 Å². The van der Waals surface area contributed by atoms with Crippen molar-refractivity contribution in [3.05, 3.63) is 95.6 Å². The summed E-state index contributed by atoms with van der Waals surface area (Å²) < 4.78 is 0. The van der Waals surface area contributed by atoms with E-state index in [1.165, 1.54) is 51.9 Å². The fourth-order valence-electron chi connectivity index (χ4n) is 4.79. The third-order valence-corrected chi connectivity index (χ3v) is 6.11. The Bertz CT molecular complexity index is 1110. The minimum Gasteiger partial charge on any atom is -0.303 e. The zero-order valence-corrected chi connectivity index (χ0v) is 15.8. The normalized spacial score (nSPS) is 17.7. The molecule has 4 aromatic carbocycles. The first-order valence-electron chi connectivity index (χ1n) is 10.1. The van der Waals surface area contributed by atoms with E-state index >= 15 is 0 Å². The lowest BCUT2D eigenvalue weighted by atomic mass is 9.84. The molecule has 1 nitrogen and oxygen atoms in total. The second kappa shape index (κ2) is 6.83. The summed E-state index contributed by atoms with van der Waals surface area (Å²) >= 11 is 0. The molecule has 0 aliphatic heterocycles. The Balaban J connectivity index is 1.51. The second-order valence-corrected chi connectivity index (χ2v) is 7.76. The van der Waals surface area contributed by atoms with Crippen LogP contribution in [0, 0.1) is 0 Å². The van der Waals surface area contributed by atoms with Crippen LogP contribution in [0.2, 0.25) is 0 Å². The fourth-order valence-corrected chi connectivity index (χ4v) is 4.79. The first-order valence-corrected chi connectivity index (χ1v) is 10.1. The van der Waals surface area contributed by atoms with Gasteiger partial charge >= 0.3 is 0 Å². The average Bonchev–Trinajstić information content (AvgIpc) is 2.73. The predicted octanol–water partition coefficient (Wildman–Crippen LogP) is 6.72. The summed E-state index contributed by atoms with van der Waals surface area (Å²) in [6.45, 7) is 2.30. The van der Waals surface area contributed by atoms with E-state index in [4.69, 9.17) is 0 Å². The third kappa shape index (κ3) is 2.93. The van der Waals surface area contributed by atoms with E-state index in [2.05, 4.69) is 91.1 Å². The molecule has 0 heterocycles. The van der Waals surface area contributed by atoms with Crippen molar-refractivity contribution in [3.63, 3.8) is 0 Å². The van der Waals surface area contributed by atoms with Crippen molar-refractivity contribution < 1.29 is 0 Å². The standard InChI is InChI=1S/C26H25N/c1-18(21-13-6-10-19-8-2-4-11-22(19)21)27-26-15-7-14-24-23-12-5-3-9-20(23)16-17-25(24)26/h2-6,8-13,16-18,26-27H,7,14-15H2,1H3/t18-,26+/m0/s1. The van der Waals surface area contributed by atoms with Gasteiger partial charge in [-0.15, -0.1) is 0 Å². The zero-order valence-electron chi connectivity index (χ0n) is 15.8. The van der Waals surface area contributed by atoms with Gasteiger partial charge in [-0.2, -0.15) is 0 Å². The first kappa shape index (κ1) is 16.5. The SMILES string of the molecule is C[C@H](N[C@@H]1CCCc2c1ccc1ccccc21)c1cccc2ccccc12. The van der Waals surface area contributed by atoms with Crippen molar-refractivity contribution >= 4 is 21.5 Å². The zero-order chi connectivity index (χ0) is 18.2. The third-order valence-electron chi connectivity index (χ3n) is 6.11. The van der Waals surface area contributed by atoms with Crippen molar-refractivity contribution in [3.8, 4) is 0 Å². The molecule has 1 heteroatoms. The number of fused-ring (bicyclic) bond motifs is 4. The van der Waals surface area contributed by atoms with E-state index in [-0.39, 0.29) is 0 Å². The molecule has 1 N–H and O–H groups in total. The molecule has 0 amide bonds. The minimum absolute atomic E-state index is 0.318. The molecule has 1 aliphatic carbocycles. The van der Waals surface area contributed by atoms with Gasteiger partial charge in [0.05, 0.1) is 0 Å². The molecule has 0 spiro atoms. The second-order valence-electron chi connectivity index (χ2n) is 7.76. The quantitative estimate of drug-likeness (QED) is 0.432. The van der Waals surface area contributed by atoms with Crippen LogP contribution >= 0.6 is 0 Å². The number of nitrogens with one attached hydrogen (secondary N) is 1. The van der Waals surface area contributed by atoms with Gasteiger partial charge in [-0.05, 0) is 64.4 Å². The van der Waals surface area contributed by atoms with Crippen LogP contribution in [-0.4, -0.2) is 0 Å². The van der Waals surface area contributed by atoms with Crippen LogP contribution in [0.5, 0.6) is 0 Å². The Hall–Kier alpha value is -2.64. The van der Waals surface area contributed by atoms with Crippen LogP contribution < -0.4 is 5.32 Å². The maximum atomic E-state index is 3.95. The highest BCUT2D eigenvalue weighted by Crippen LogP contribution is 2.36. The molecule has 134 valence electrons. The molecular formula is C26H25N. The predicted molar refractivity (Wildman–Crippen MR) is 115 cm³/mol. The lowest BCUT2D eigenvalue weighted by molar-refractivity contribution is 0.418. The van der Waals surface area contributed by atoms with E-state index < -0.39 is 0 Å². The van der Waals surface area contributed by atoms with E-state index in [1.807, 2.05) is 0 Å². The fraction of sp³-hybridized carbons (Fsp3) is 0.231. The van der Waals surface area contributed by atoms with Crippen molar-refractivity contribution in [1.82, 2.24) is 5.32 Å². The average molecular weight is 351 g/mol. The van der Waals surface area contributed by atoms with Gasteiger partial charge in [-0.3, -0.25) is 0 Å². The largest absolute Gasteiger partial charge is 0.303 e. The Morgan fingerprint density at radius 1 is 0.778 bits per heavy atom. The van der Waals surface area contributed by atoms with Crippen molar-refractivity contribution in [2.24, 2.45) is 0 Å². The maximum absolute atomic E-state index is 3.95. The molecule has 0 saturated heterocycles. The molecule has 0 radical (unpaired) electrons. The molecule has 2 atom stereocenters. The molecule has 1 aliphatic rings. The molecule has 0 aromatic heterocycles. The van der Waals surface area contributed by atoms with Gasteiger partial charge in [0.25, 0.3) is 0 Å². The molecule has 0 unspecified atom stereocenters. The van der Waals surface area contributed by atoms with Crippen LogP contribution in [0.4, 0.5) is 0 Å². The maximum Gasteiger partial charge on any atom is 0.0328 e. The van der Waals surface area contributed by atoms with Gasteiger partial charge in [-0.1, -0.05) is 78.9 Å². The van der Waals surface area contributed by atoms with E-state index in [1.54, 1.807) is 5.56 Å². The van der Waals surface area contributed by atoms with Crippen LogP contribution in [0.3, 0.4) is 0 Å². The molecular weight excluding hydrogens is 326 g/mol. The van der Waals surface area contributed by atoms with Gasteiger partial charge in [0.2, 0.25) is 0 Å². The highest BCUT2D eigenvalue weighted by atomic mass is 14.9. The van der Waals surface area contributed by atoms with Crippen LogP contribution in [0.15, 0.2) is 78.9 Å². The summed E-state index contributed by atoms with van der Waals surface area (Å²) in [6.07, 6.45) is 3.65.